The largest absolute Gasteiger partial charge is 0.334 e. The summed E-state index contributed by atoms with van der Waals surface area (Å²) in [5, 5.41) is 0. The van der Waals surface area contributed by atoms with E-state index in [-0.39, 0.29) is 12.6 Å². The zero-order chi connectivity index (χ0) is 21.2. The van der Waals surface area contributed by atoms with E-state index >= 15 is 0 Å². The van der Waals surface area contributed by atoms with Gasteiger partial charge >= 0.3 is 17.8 Å². The van der Waals surface area contributed by atoms with Crippen molar-refractivity contribution in [2.24, 2.45) is 0 Å². The number of hydrogen-bond acceptors (Lipinski definition) is 7. The van der Waals surface area contributed by atoms with Crippen molar-refractivity contribution in [2.45, 2.75) is 44.6 Å². The molecule has 0 unspecified atom stereocenters. The minimum Gasteiger partial charge on any atom is -0.291 e. The van der Waals surface area contributed by atoms with E-state index in [1.807, 2.05) is 0 Å². The minimum atomic E-state index is -3.28. The molecular weight excluding hydrogens is 418 g/mol. The van der Waals surface area contributed by atoms with E-state index in [0.29, 0.717) is 24.1 Å². The molecule has 1 aliphatic heterocycles. The Labute approximate surface area is 173 Å². The quantitative estimate of drug-likeness (QED) is 0.367. The number of carbonyl (C=O) groups is 4. The van der Waals surface area contributed by atoms with Crippen LogP contribution in [0.5, 0.6) is 0 Å². The number of nitrogens with one attached hydrogen (secondary N) is 1. The fourth-order valence-electron chi connectivity index (χ4n) is 3.57. The first-order valence-corrected chi connectivity index (χ1v) is 12.1. The number of urea groups is 1. The lowest BCUT2D eigenvalue weighted by Crippen LogP contribution is -2.43. The number of hydrogen-bond donors (Lipinski definition) is 1. The Balaban J connectivity index is 1.62. The van der Waals surface area contributed by atoms with E-state index in [1.165, 1.54) is 11.3 Å². The third kappa shape index (κ3) is 5.09. The van der Waals surface area contributed by atoms with Gasteiger partial charge in [-0.1, -0.05) is 19.3 Å². The van der Waals surface area contributed by atoms with Crippen LogP contribution in [0.4, 0.5) is 4.79 Å². The Hall–Kier alpha value is -2.11. The topological polar surface area (TPSA) is 121 Å². The third-order valence-electron chi connectivity index (χ3n) is 5.00. The highest BCUT2D eigenvalue weighted by atomic mass is 32.2. The Morgan fingerprint density at radius 1 is 1.14 bits per heavy atom. The van der Waals surface area contributed by atoms with E-state index in [0.717, 1.165) is 40.2 Å². The summed E-state index contributed by atoms with van der Waals surface area (Å²) in [5.74, 6) is -2.24. The molecule has 2 fully saturated rings. The molecule has 29 heavy (non-hydrogen) atoms. The summed E-state index contributed by atoms with van der Waals surface area (Å²) in [4.78, 5) is 52.6. The molecule has 0 aromatic carbocycles. The van der Waals surface area contributed by atoms with Crippen molar-refractivity contribution < 1.29 is 27.6 Å². The maximum absolute atomic E-state index is 12.6. The Morgan fingerprint density at radius 2 is 1.83 bits per heavy atom. The molecule has 3 rings (SSSR count). The molecule has 11 heteroatoms. The van der Waals surface area contributed by atoms with Gasteiger partial charge in [-0.05, 0) is 31.4 Å². The van der Waals surface area contributed by atoms with Crippen LogP contribution in [0.25, 0.3) is 0 Å². The standard InChI is InChI=1S/C18H23N3O6S2/c1-29(26,27)19-10-9-13-7-8-15(28-13)14(22)11-20-16(23)17(24)21(18(20)25)12-5-3-2-4-6-12/h7-8,12,19H,2-6,9-11H2,1H3. The predicted octanol–water partition coefficient (Wildman–Crippen LogP) is 1.15. The number of nitrogens with zero attached hydrogens (tertiary/aromatic N) is 2. The second-order valence-electron chi connectivity index (χ2n) is 7.25. The molecule has 0 bridgehead atoms. The van der Waals surface area contributed by atoms with Crippen molar-refractivity contribution in [2.75, 3.05) is 19.3 Å². The molecule has 1 saturated carbocycles. The normalized spacial score (nSPS) is 18.7. The monoisotopic (exact) mass is 441 g/mol. The molecule has 158 valence electrons. The van der Waals surface area contributed by atoms with Crippen LogP contribution in [0.3, 0.4) is 0 Å². The third-order valence-corrected chi connectivity index (χ3v) is 6.91. The molecule has 0 atom stereocenters. The van der Waals surface area contributed by atoms with Crippen molar-refractivity contribution in [1.82, 2.24) is 14.5 Å². The van der Waals surface area contributed by atoms with Crippen molar-refractivity contribution in [3.63, 3.8) is 0 Å². The van der Waals surface area contributed by atoms with Crippen molar-refractivity contribution >= 4 is 45.0 Å². The zero-order valence-electron chi connectivity index (χ0n) is 16.0. The Morgan fingerprint density at radius 3 is 2.48 bits per heavy atom. The number of Topliss-reactive ketones (excluding diaryl/α,β-unsaturated/α-hetero) is 1. The molecule has 0 radical (unpaired) electrons. The smallest absolute Gasteiger partial charge is 0.291 e. The van der Waals surface area contributed by atoms with Gasteiger partial charge in [0.25, 0.3) is 0 Å². The lowest BCUT2D eigenvalue weighted by atomic mass is 9.94. The first-order valence-electron chi connectivity index (χ1n) is 9.43. The van der Waals surface area contributed by atoms with Gasteiger partial charge in [0.1, 0.15) is 0 Å². The molecule has 2 aliphatic rings. The molecule has 1 aromatic rings. The molecule has 0 spiro atoms. The lowest BCUT2D eigenvalue weighted by Gasteiger charge is -2.28. The van der Waals surface area contributed by atoms with Crippen LogP contribution in [0.2, 0.25) is 0 Å². The Kier molecular flexibility index (Phi) is 6.49. The fourth-order valence-corrected chi connectivity index (χ4v) is 4.98. The van der Waals surface area contributed by atoms with Gasteiger partial charge < -0.3 is 0 Å². The SMILES string of the molecule is CS(=O)(=O)NCCc1ccc(C(=O)CN2C(=O)C(=O)N(C3CCCCC3)C2=O)s1. The van der Waals surface area contributed by atoms with E-state index in [2.05, 4.69) is 4.72 Å². The highest BCUT2D eigenvalue weighted by Gasteiger charge is 2.48. The van der Waals surface area contributed by atoms with Gasteiger partial charge in [-0.25, -0.2) is 22.8 Å². The molecule has 9 nitrogen and oxygen atoms in total. The van der Waals surface area contributed by atoms with Gasteiger partial charge in [0.05, 0.1) is 17.7 Å². The van der Waals surface area contributed by atoms with Crippen LogP contribution >= 0.6 is 11.3 Å². The lowest BCUT2D eigenvalue weighted by molar-refractivity contribution is -0.144. The summed E-state index contributed by atoms with van der Waals surface area (Å²) in [6.45, 7) is -0.269. The van der Waals surface area contributed by atoms with Crippen molar-refractivity contribution in [3.8, 4) is 0 Å². The number of ketones is 1. The molecule has 4 amide bonds. The predicted molar refractivity (Wildman–Crippen MR) is 106 cm³/mol. The van der Waals surface area contributed by atoms with Gasteiger partial charge in [0, 0.05) is 17.5 Å². The van der Waals surface area contributed by atoms with E-state index in [1.54, 1.807) is 12.1 Å². The van der Waals surface area contributed by atoms with Gasteiger partial charge in [0.15, 0.2) is 5.78 Å². The average Bonchev–Trinajstić information content (AvgIpc) is 3.21. The van der Waals surface area contributed by atoms with Crippen LogP contribution in [0.15, 0.2) is 12.1 Å². The van der Waals surface area contributed by atoms with Crippen LogP contribution in [0.1, 0.15) is 46.7 Å². The molecule has 2 heterocycles. The second-order valence-corrected chi connectivity index (χ2v) is 10.2. The molecule has 1 saturated heterocycles. The summed E-state index contributed by atoms with van der Waals surface area (Å²) in [5.41, 5.74) is 0. The molecule has 1 aromatic heterocycles. The van der Waals surface area contributed by atoms with Crippen LogP contribution in [0, 0.1) is 0 Å². The Bertz CT molecular complexity index is 933. The van der Waals surface area contributed by atoms with Crippen molar-refractivity contribution in [1.29, 1.82) is 0 Å². The van der Waals surface area contributed by atoms with E-state index in [9.17, 15) is 27.6 Å². The van der Waals surface area contributed by atoms with Crippen LogP contribution in [-0.2, 0) is 26.0 Å². The number of carbonyl (C=O) groups excluding carboxylic acids is 4. The first kappa shape index (κ1) is 21.6. The van der Waals surface area contributed by atoms with Crippen LogP contribution in [-0.4, -0.2) is 67.2 Å². The summed E-state index contributed by atoms with van der Waals surface area (Å²) >= 11 is 1.17. The number of sulfonamides is 1. The number of thiophene rings is 1. The second kappa shape index (κ2) is 8.72. The number of amides is 4. The molecule has 1 aliphatic carbocycles. The number of imide groups is 2. The minimum absolute atomic E-state index is 0.209. The molecular formula is C18H23N3O6S2. The van der Waals surface area contributed by atoms with E-state index in [4.69, 9.17) is 0 Å². The highest BCUT2D eigenvalue weighted by Crippen LogP contribution is 2.27. The van der Waals surface area contributed by atoms with Gasteiger partial charge in [-0.3, -0.25) is 19.3 Å². The zero-order valence-corrected chi connectivity index (χ0v) is 17.7. The average molecular weight is 442 g/mol. The van der Waals surface area contributed by atoms with Crippen molar-refractivity contribution in [3.05, 3.63) is 21.9 Å². The van der Waals surface area contributed by atoms with Gasteiger partial charge in [-0.15, -0.1) is 11.3 Å². The fraction of sp³-hybridized carbons (Fsp3) is 0.556. The maximum atomic E-state index is 12.6. The summed E-state index contributed by atoms with van der Waals surface area (Å²) in [6.07, 6.45) is 5.70. The van der Waals surface area contributed by atoms with Gasteiger partial charge in [0.2, 0.25) is 10.0 Å². The highest BCUT2D eigenvalue weighted by molar-refractivity contribution is 7.88. The molecule has 1 N–H and O–H groups in total. The van der Waals surface area contributed by atoms with E-state index < -0.39 is 40.2 Å². The summed E-state index contributed by atoms with van der Waals surface area (Å²) < 4.78 is 24.6. The maximum Gasteiger partial charge on any atom is 0.334 e. The summed E-state index contributed by atoms with van der Waals surface area (Å²) in [7, 11) is -3.28. The summed E-state index contributed by atoms with van der Waals surface area (Å²) in [6, 6.07) is 2.29. The van der Waals surface area contributed by atoms with Crippen LogP contribution < -0.4 is 4.72 Å². The van der Waals surface area contributed by atoms with Gasteiger partial charge in [-0.2, -0.15) is 0 Å². The number of rotatable bonds is 8. The first-order chi connectivity index (χ1) is 13.7.